The highest BCUT2D eigenvalue weighted by atomic mass is 16.5. The van der Waals surface area contributed by atoms with Gasteiger partial charge in [0.05, 0.1) is 19.3 Å². The Balaban J connectivity index is -0.00000185. The van der Waals surface area contributed by atoms with E-state index in [1.165, 1.54) is 0 Å². The number of hydrogen-bond acceptors (Lipinski definition) is 11. The van der Waals surface area contributed by atoms with Crippen LogP contribution in [0.3, 0.4) is 0 Å². The minimum absolute atomic E-state index is 0.150. The maximum Gasteiger partial charge on any atom is 0.309 e. The van der Waals surface area contributed by atoms with Gasteiger partial charge in [0.2, 0.25) is 0 Å². The summed E-state index contributed by atoms with van der Waals surface area (Å²) >= 11 is 0. The normalized spacial score (nSPS) is 10.2. The standard InChI is InChI=1S/C22H38N4O6.C2H6.CH4N2O/c1-17(23)5-8-20(27)30-14-11-26(12-15-31-21(28)9-6-18(2)24)13-16-32-22(29)10-7-19(3)25-4;1-2;2-1(3)4/h23-24H,5-16H2,1-4H3;1-2H3;(H4,2,3,4). The number of carbonyl (C=O) groups is 4. The van der Waals surface area contributed by atoms with Gasteiger partial charge in [-0.3, -0.25) is 24.3 Å². The third-order valence-corrected chi connectivity index (χ3v) is 4.49. The zero-order valence-electron chi connectivity index (χ0n) is 23.9. The predicted molar refractivity (Wildman–Crippen MR) is 148 cm³/mol. The van der Waals surface area contributed by atoms with E-state index >= 15 is 0 Å². The van der Waals surface area contributed by atoms with E-state index in [0.717, 1.165) is 5.71 Å². The van der Waals surface area contributed by atoms with Gasteiger partial charge < -0.3 is 36.5 Å². The van der Waals surface area contributed by atoms with Gasteiger partial charge in [-0.05, 0) is 40.0 Å². The number of ether oxygens (including phenoxy) is 3. The monoisotopic (exact) mass is 544 g/mol. The molecule has 0 saturated carbocycles. The largest absolute Gasteiger partial charge is 0.464 e. The Bertz CT molecular complexity index is 716. The Labute approximate surface area is 226 Å². The van der Waals surface area contributed by atoms with Gasteiger partial charge in [-0.25, -0.2) is 4.79 Å². The van der Waals surface area contributed by atoms with Gasteiger partial charge in [0.1, 0.15) is 19.8 Å². The molecule has 0 aromatic rings. The SMILES string of the molecule is CC.CN=C(C)CCC(=O)OCCN(CCOC(=O)CCC(C)=N)CCOC(=O)CCC(C)=N.NC(N)=O. The van der Waals surface area contributed by atoms with E-state index in [9.17, 15) is 14.4 Å². The Morgan fingerprint density at radius 3 is 1.21 bits per heavy atom. The van der Waals surface area contributed by atoms with Gasteiger partial charge in [-0.1, -0.05) is 13.8 Å². The summed E-state index contributed by atoms with van der Waals surface area (Å²) in [5, 5.41) is 14.7. The van der Waals surface area contributed by atoms with Crippen molar-refractivity contribution < 1.29 is 33.4 Å². The van der Waals surface area contributed by atoms with Crippen molar-refractivity contribution in [2.75, 3.05) is 46.5 Å². The average Bonchev–Trinajstić information content (AvgIpc) is 2.85. The molecule has 0 aliphatic carbocycles. The van der Waals surface area contributed by atoms with Crippen molar-refractivity contribution >= 4 is 41.1 Å². The molecule has 38 heavy (non-hydrogen) atoms. The first-order chi connectivity index (χ1) is 17.9. The molecule has 0 fully saturated rings. The van der Waals surface area contributed by atoms with Gasteiger partial charge >= 0.3 is 23.9 Å². The first-order valence-corrected chi connectivity index (χ1v) is 12.6. The number of urea groups is 1. The molecule has 0 aliphatic heterocycles. The summed E-state index contributed by atoms with van der Waals surface area (Å²) < 4.78 is 15.6. The lowest BCUT2D eigenvalue weighted by atomic mass is 10.2. The highest BCUT2D eigenvalue weighted by Gasteiger charge is 2.11. The number of carbonyl (C=O) groups excluding carboxylic acids is 4. The van der Waals surface area contributed by atoms with Crippen LogP contribution in [-0.4, -0.2) is 92.5 Å². The van der Waals surface area contributed by atoms with E-state index in [1.54, 1.807) is 20.9 Å². The maximum absolute atomic E-state index is 11.8. The zero-order chi connectivity index (χ0) is 29.9. The van der Waals surface area contributed by atoms with E-state index in [1.807, 2.05) is 25.7 Å². The smallest absolute Gasteiger partial charge is 0.309 e. The van der Waals surface area contributed by atoms with Crippen LogP contribution in [0, 0.1) is 10.8 Å². The third kappa shape index (κ3) is 32.7. The van der Waals surface area contributed by atoms with Crippen molar-refractivity contribution in [3.63, 3.8) is 0 Å². The minimum atomic E-state index is -0.833. The molecule has 0 bridgehead atoms. The summed E-state index contributed by atoms with van der Waals surface area (Å²) in [7, 11) is 1.68. The Morgan fingerprint density at radius 1 is 0.658 bits per heavy atom. The molecule has 0 spiro atoms. The lowest BCUT2D eigenvalue weighted by molar-refractivity contribution is -0.144. The number of rotatable bonds is 18. The molecule has 220 valence electrons. The van der Waals surface area contributed by atoms with Crippen molar-refractivity contribution in [3.05, 3.63) is 0 Å². The molecule has 0 aromatic heterocycles. The average molecular weight is 545 g/mol. The molecule has 0 unspecified atom stereocenters. The number of aliphatic imine (C=N–C) groups is 1. The Morgan fingerprint density at radius 2 is 0.947 bits per heavy atom. The number of nitrogens with two attached hydrogens (primary N) is 2. The van der Waals surface area contributed by atoms with Crippen LogP contribution in [0.2, 0.25) is 0 Å². The summed E-state index contributed by atoms with van der Waals surface area (Å²) in [5.74, 6) is -1.05. The number of amides is 2. The molecule has 0 aliphatic rings. The fourth-order valence-corrected chi connectivity index (χ4v) is 2.39. The molecule has 0 rings (SSSR count). The molecule has 13 nitrogen and oxygen atoms in total. The number of nitrogens with one attached hydrogen (secondary N) is 2. The fraction of sp³-hybridized carbons (Fsp3) is 0.720. The quantitative estimate of drug-likeness (QED) is 0.114. The molecular formula is C25H48N6O7. The van der Waals surface area contributed by atoms with E-state index in [-0.39, 0.29) is 57.0 Å². The number of nitrogens with zero attached hydrogens (tertiary/aromatic N) is 2. The van der Waals surface area contributed by atoms with Crippen molar-refractivity contribution in [1.82, 2.24) is 4.90 Å². The van der Waals surface area contributed by atoms with Crippen LogP contribution in [0.15, 0.2) is 4.99 Å². The van der Waals surface area contributed by atoms with E-state index in [2.05, 4.69) is 16.5 Å². The second-order valence-corrected chi connectivity index (χ2v) is 7.92. The number of esters is 3. The van der Waals surface area contributed by atoms with Crippen LogP contribution in [-0.2, 0) is 28.6 Å². The molecule has 6 N–H and O–H groups in total. The summed E-state index contributed by atoms with van der Waals surface area (Å²) in [6.45, 7) is 10.8. The van der Waals surface area contributed by atoms with Gasteiger partial charge in [0, 0.05) is 43.8 Å². The predicted octanol–water partition coefficient (Wildman–Crippen LogP) is 2.48. The van der Waals surface area contributed by atoms with Gasteiger partial charge in [0.15, 0.2) is 0 Å². The summed E-state index contributed by atoms with van der Waals surface area (Å²) in [6.07, 6.45) is 1.87. The van der Waals surface area contributed by atoms with E-state index in [0.29, 0.717) is 50.3 Å². The second kappa shape index (κ2) is 26.7. The highest BCUT2D eigenvalue weighted by Crippen LogP contribution is 2.00. The lowest BCUT2D eigenvalue weighted by Gasteiger charge is -2.22. The zero-order valence-corrected chi connectivity index (χ0v) is 23.9. The minimum Gasteiger partial charge on any atom is -0.464 e. The Hall–Kier alpha value is -3.35. The third-order valence-electron chi connectivity index (χ3n) is 4.49. The molecule has 0 aromatic carbocycles. The van der Waals surface area contributed by atoms with E-state index < -0.39 is 6.03 Å². The van der Waals surface area contributed by atoms with Crippen molar-refractivity contribution in [1.29, 1.82) is 10.8 Å². The van der Waals surface area contributed by atoms with Crippen LogP contribution in [0.25, 0.3) is 0 Å². The molecular weight excluding hydrogens is 496 g/mol. The van der Waals surface area contributed by atoms with Crippen LogP contribution in [0.4, 0.5) is 4.79 Å². The molecule has 0 heterocycles. The number of primary amides is 2. The summed E-state index contributed by atoms with van der Waals surface area (Å²) in [6, 6.07) is -0.833. The molecule has 2 amide bonds. The van der Waals surface area contributed by atoms with Crippen molar-refractivity contribution in [3.8, 4) is 0 Å². The van der Waals surface area contributed by atoms with Crippen LogP contribution in [0.5, 0.6) is 0 Å². The van der Waals surface area contributed by atoms with Crippen molar-refractivity contribution in [2.45, 2.75) is 73.1 Å². The highest BCUT2D eigenvalue weighted by molar-refractivity contribution is 5.85. The van der Waals surface area contributed by atoms with Crippen LogP contribution < -0.4 is 11.5 Å². The Kier molecular flexibility index (Phi) is 27.5. The van der Waals surface area contributed by atoms with Gasteiger partial charge in [-0.15, -0.1) is 0 Å². The maximum atomic E-state index is 11.8. The second-order valence-electron chi connectivity index (χ2n) is 7.92. The summed E-state index contributed by atoms with van der Waals surface area (Å²) in [5.41, 5.74) is 10.2. The van der Waals surface area contributed by atoms with Crippen LogP contribution in [0.1, 0.15) is 73.1 Å². The summed E-state index contributed by atoms with van der Waals surface area (Å²) in [4.78, 5) is 50.1. The fourth-order valence-electron chi connectivity index (χ4n) is 2.39. The first kappa shape index (κ1) is 39.2. The lowest BCUT2D eigenvalue weighted by Crippen LogP contribution is -2.35. The van der Waals surface area contributed by atoms with E-state index in [4.69, 9.17) is 29.8 Å². The first-order valence-electron chi connectivity index (χ1n) is 12.6. The molecule has 13 heteroatoms. The molecule has 0 radical (unpaired) electrons. The van der Waals surface area contributed by atoms with Crippen molar-refractivity contribution in [2.24, 2.45) is 16.5 Å². The van der Waals surface area contributed by atoms with Gasteiger partial charge in [0.25, 0.3) is 0 Å². The van der Waals surface area contributed by atoms with Crippen LogP contribution >= 0.6 is 0 Å². The van der Waals surface area contributed by atoms with Gasteiger partial charge in [-0.2, -0.15) is 0 Å². The molecule has 0 saturated heterocycles. The molecule has 0 atom stereocenters. The topological polar surface area (TPSA) is 211 Å². The number of hydrogen-bond donors (Lipinski definition) is 4.